The predicted molar refractivity (Wildman–Crippen MR) is 319 cm³/mol. The molecule has 0 amide bonds. The molecule has 0 saturated heterocycles. The molecule has 0 heterocycles. The van der Waals surface area contributed by atoms with E-state index in [-0.39, 0.29) is 44.5 Å². The lowest BCUT2D eigenvalue weighted by Gasteiger charge is -2.22. The van der Waals surface area contributed by atoms with Crippen LogP contribution in [-0.4, -0.2) is 201 Å². The van der Waals surface area contributed by atoms with Crippen LogP contribution in [0.15, 0.2) is 0 Å². The van der Waals surface area contributed by atoms with Crippen LogP contribution in [0, 0.1) is 17.8 Å². The number of Topliss-reactive ketones (excluding diaryl/α,β-unsaturated/α-hetero) is 1. The number of carbonyl (C=O) groups is 12. The Bertz CT molecular complexity index is 2400. The second-order valence-electron chi connectivity index (χ2n) is 20.4. The number of aliphatic carboxylic acids is 1. The summed E-state index contributed by atoms with van der Waals surface area (Å²) in [4.78, 5) is 139. The number of hydrogen-bond acceptors (Lipinski definition) is 37. The lowest BCUT2D eigenvalue weighted by atomic mass is 10.0. The molecule has 95 heavy (non-hydrogen) atoms. The van der Waals surface area contributed by atoms with E-state index >= 15 is 0 Å². The van der Waals surface area contributed by atoms with Gasteiger partial charge in [0.2, 0.25) is 40.8 Å². The molecule has 0 bridgehead atoms. The molecule has 0 rings (SSSR count). The number of methoxy groups -OCH3 is 3. The number of carboxylic acids is 1. The highest BCUT2D eigenvalue weighted by Crippen LogP contribution is 2.52. The van der Waals surface area contributed by atoms with E-state index in [4.69, 9.17) is 65.4 Å². The third kappa shape index (κ3) is 52.0. The zero-order chi connectivity index (χ0) is 73.5. The van der Waals surface area contributed by atoms with Crippen LogP contribution in [0.25, 0.3) is 0 Å². The van der Waals surface area contributed by atoms with Gasteiger partial charge in [0.1, 0.15) is 5.78 Å². The summed E-state index contributed by atoms with van der Waals surface area (Å²) in [6.45, 7) is 16.9. The molecule has 0 fully saturated rings. The zero-order valence-electron chi connectivity index (χ0n) is 56.4. The molecular weight excluding hydrogens is 1350 g/mol. The molecule has 0 aromatic carbocycles. The Labute approximate surface area is 550 Å². The molecule has 0 spiro atoms. The highest BCUT2D eigenvalue weighted by atomic mass is 31.2. The summed E-state index contributed by atoms with van der Waals surface area (Å²) >= 11 is 0. The minimum Gasteiger partial charge on any atom is -0.481 e. The van der Waals surface area contributed by atoms with Crippen molar-refractivity contribution in [1.29, 1.82) is 0 Å². The van der Waals surface area contributed by atoms with Gasteiger partial charge in [0.05, 0.1) is 101 Å². The number of hydrogen-bond donors (Lipinski definition) is 1. The summed E-state index contributed by atoms with van der Waals surface area (Å²) < 4.78 is 145. The second kappa shape index (κ2) is 51.4. The van der Waals surface area contributed by atoms with Crippen LogP contribution < -0.4 is 0 Å². The van der Waals surface area contributed by atoms with Gasteiger partial charge in [0, 0.05) is 19.3 Å². The van der Waals surface area contributed by atoms with Crippen molar-refractivity contribution >= 4 is 95.3 Å². The molecule has 3 atom stereocenters. The van der Waals surface area contributed by atoms with Gasteiger partial charge < -0.3 is 85.7 Å². The first-order chi connectivity index (χ1) is 44.2. The molecule has 0 aliphatic rings. The van der Waals surface area contributed by atoms with Crippen molar-refractivity contribution in [2.24, 2.45) is 17.8 Å². The molecule has 0 radical (unpaired) electrons. The first-order valence-corrected chi connectivity index (χ1v) is 34.1. The van der Waals surface area contributed by atoms with Crippen LogP contribution in [0.2, 0.25) is 0 Å². The maximum absolute atomic E-state index is 13.1. The van der Waals surface area contributed by atoms with Crippen molar-refractivity contribution in [1.82, 2.24) is 0 Å². The van der Waals surface area contributed by atoms with Gasteiger partial charge in [-0.15, -0.1) is 0 Å². The van der Waals surface area contributed by atoms with Gasteiger partial charge in [0.25, 0.3) is 0 Å². The van der Waals surface area contributed by atoms with Crippen LogP contribution in [0.3, 0.4) is 0 Å². The number of ether oxygens (including phenoxy) is 16. The van der Waals surface area contributed by atoms with Crippen LogP contribution >= 0.6 is 22.8 Å². The zero-order valence-corrected chi connectivity index (χ0v) is 59.1. The molecule has 1 N–H and O–H groups in total. The van der Waals surface area contributed by atoms with Crippen molar-refractivity contribution in [3.63, 3.8) is 0 Å². The number of ketones is 1. The quantitative estimate of drug-likeness (QED) is 0.0257. The van der Waals surface area contributed by atoms with Gasteiger partial charge in [-0.1, -0.05) is 0 Å². The van der Waals surface area contributed by atoms with Crippen molar-refractivity contribution in [2.45, 2.75) is 172 Å². The fraction of sp³-hybridized carbons (Fsp3) is 0.778. The van der Waals surface area contributed by atoms with Crippen molar-refractivity contribution < 1.29 is 179 Å². The Balaban J connectivity index is -0.00000134. The summed E-state index contributed by atoms with van der Waals surface area (Å²) in [6, 6.07) is 0. The number of carboxylic acid groups (broad SMARTS) is 1. The summed E-state index contributed by atoms with van der Waals surface area (Å²) in [5.41, 5.74) is 0. The van der Waals surface area contributed by atoms with E-state index in [9.17, 15) is 71.2 Å². The highest BCUT2D eigenvalue weighted by Gasteiger charge is 2.38. The fourth-order valence-corrected chi connectivity index (χ4v) is 10.8. The SMILES string of the molecule is CCOC(=O)C(CCC(=O)O)CP(=O)(OCOC(=O)OC(C)C)OCOC(=O)OC(C)C.COC(=O)C(CCC(C)=O)CP(=O)(OCOC(=O)OC(C)C)OCOC(=O)OC(C)C.COC(=O)CCC(CP(=O)(OCOC(=O)OC(C)C)OCOC(=O)OC(C)C)C(=O)OC. The largest absolute Gasteiger partial charge is 0.510 e. The minimum absolute atomic E-state index is 0.00271. The summed E-state index contributed by atoms with van der Waals surface area (Å²) in [5, 5.41) is 8.89. The smallest absolute Gasteiger partial charge is 0.481 e. The summed E-state index contributed by atoms with van der Waals surface area (Å²) in [7, 11) is -9.21. The average molecular weight is 1440 g/mol. The van der Waals surface area contributed by atoms with E-state index in [2.05, 4.69) is 42.6 Å². The van der Waals surface area contributed by atoms with Gasteiger partial charge in [-0.05, 0) is 116 Å². The van der Waals surface area contributed by atoms with Crippen LogP contribution in [-0.2, 0) is 145 Å². The van der Waals surface area contributed by atoms with E-state index in [0.29, 0.717) is 0 Å². The van der Waals surface area contributed by atoms with Crippen LogP contribution in [0.5, 0.6) is 0 Å². The molecule has 0 saturated carbocycles. The molecule has 0 aliphatic carbocycles. The standard InChI is InChI=1S/2C18H31O13P.C18H31O12P/c1-12(2)30-17(21)26-10-28-32(23,29-11-27-18(22)31-13(3)4)9-14(16(20)25-6)7-8-15(19)24-5;1-6-25-16(21)14(7-8-15(19)20)9-32(24,28-10-26-17(22)30-12(2)3)29-11-27-18(23)31-13(4)5;1-12(2)29-17(21)25-10-27-31(23,28-11-26-18(22)30-13(3)4)9-15(16(20)24-6)8-7-14(5)19/h12-14H,7-11H2,1-6H3;12-14H,6-11H2,1-5H3,(H,19,20);12-13,15H,7-11H2,1-6H3. The molecule has 3 unspecified atom stereocenters. The Morgan fingerprint density at radius 2 is 0.568 bits per heavy atom. The lowest BCUT2D eigenvalue weighted by molar-refractivity contribution is -0.149. The third-order valence-corrected chi connectivity index (χ3v) is 15.7. The number of esters is 4. The molecule has 0 aromatic heterocycles. The maximum Gasteiger partial charge on any atom is 0.510 e. The third-order valence-electron chi connectivity index (χ3n) is 10.0. The van der Waals surface area contributed by atoms with Gasteiger partial charge in [0.15, 0.2) is 0 Å². The Morgan fingerprint density at radius 3 is 0.768 bits per heavy atom. The molecule has 38 nitrogen and oxygen atoms in total. The summed E-state index contributed by atoms with van der Waals surface area (Å²) in [6.07, 6.45) is -11.9. The number of carbonyl (C=O) groups excluding carboxylic acids is 11. The Kier molecular flexibility index (Phi) is 49.9. The van der Waals surface area contributed by atoms with E-state index in [1.165, 1.54) is 14.0 Å². The second-order valence-corrected chi connectivity index (χ2v) is 26.7. The Hall–Kier alpha value is -6.91. The van der Waals surface area contributed by atoms with Gasteiger partial charge in [-0.25, -0.2) is 28.8 Å². The van der Waals surface area contributed by atoms with Gasteiger partial charge in [-0.3, -0.25) is 64.8 Å². The first kappa shape index (κ1) is 92.3. The van der Waals surface area contributed by atoms with Gasteiger partial charge in [-0.2, -0.15) is 0 Å². The minimum atomic E-state index is -4.25. The molecular formula is C54H93O38P3. The van der Waals surface area contributed by atoms with Gasteiger partial charge >= 0.3 is 89.6 Å². The maximum atomic E-state index is 13.1. The van der Waals surface area contributed by atoms with Crippen molar-refractivity contribution in [2.75, 3.05) is 87.2 Å². The fourth-order valence-electron chi connectivity index (χ4n) is 6.04. The highest BCUT2D eigenvalue weighted by molar-refractivity contribution is 7.54. The van der Waals surface area contributed by atoms with E-state index in [1.54, 1.807) is 90.0 Å². The normalized spacial score (nSPS) is 12.2. The topological polar surface area (TPSA) is 479 Å². The number of rotatable bonds is 43. The van der Waals surface area contributed by atoms with E-state index in [1.807, 2.05) is 0 Å². The van der Waals surface area contributed by atoms with Crippen molar-refractivity contribution in [3.8, 4) is 0 Å². The lowest BCUT2D eigenvalue weighted by Crippen LogP contribution is -2.24. The average Bonchev–Trinajstić information content (AvgIpc) is 0.900. The summed E-state index contributed by atoms with van der Waals surface area (Å²) in [5.74, 6) is -7.63. The molecule has 0 aromatic rings. The van der Waals surface area contributed by atoms with E-state index < -0.39 is 210 Å². The first-order valence-electron chi connectivity index (χ1n) is 28.9. The predicted octanol–water partition coefficient (Wildman–Crippen LogP) is 9.70. The molecule has 552 valence electrons. The monoisotopic (exact) mass is 1440 g/mol. The Morgan fingerprint density at radius 1 is 0.337 bits per heavy atom. The van der Waals surface area contributed by atoms with Crippen LogP contribution in [0.4, 0.5) is 28.8 Å². The van der Waals surface area contributed by atoms with Crippen molar-refractivity contribution in [3.05, 3.63) is 0 Å². The van der Waals surface area contributed by atoms with Crippen LogP contribution in [0.1, 0.15) is 135 Å². The van der Waals surface area contributed by atoms with E-state index in [0.717, 1.165) is 14.2 Å². The molecule has 0 aliphatic heterocycles. The molecule has 41 heteroatoms.